The van der Waals surface area contributed by atoms with Gasteiger partial charge in [0.1, 0.15) is 5.70 Å². The standard InChI is InChI=1S/C32H28BrN3O3S/c1-21-15-22(2)17-27(16-21)34-30(37)20-40-28-13-11-26(12-14-28)35-32(39)29(19-23-7-6-10-25(33)18-23)36-31(38)24-8-4-3-5-9-24/h3-19H,20H2,1-2H3,(H,34,37)(H,35,39)(H,36,38)/b29-19-. The molecule has 0 heterocycles. The zero-order valence-electron chi connectivity index (χ0n) is 22.0. The van der Waals surface area contributed by atoms with E-state index in [2.05, 4.69) is 37.9 Å². The Bertz CT molecular complexity index is 1530. The number of rotatable bonds is 9. The molecular formula is C32H28BrN3O3S. The normalized spacial score (nSPS) is 11.0. The van der Waals surface area contributed by atoms with Crippen molar-refractivity contribution in [1.29, 1.82) is 0 Å². The molecule has 0 atom stereocenters. The monoisotopic (exact) mass is 613 g/mol. The van der Waals surface area contributed by atoms with Gasteiger partial charge in [-0.15, -0.1) is 11.8 Å². The van der Waals surface area contributed by atoms with Gasteiger partial charge in [-0.2, -0.15) is 0 Å². The minimum absolute atomic E-state index is 0.0936. The Balaban J connectivity index is 1.40. The Morgan fingerprint density at radius 2 is 1.48 bits per heavy atom. The van der Waals surface area contributed by atoms with Crippen LogP contribution in [0.5, 0.6) is 0 Å². The molecule has 4 aromatic carbocycles. The largest absolute Gasteiger partial charge is 0.325 e. The van der Waals surface area contributed by atoms with Crippen molar-refractivity contribution in [3.63, 3.8) is 0 Å². The highest BCUT2D eigenvalue weighted by Crippen LogP contribution is 2.22. The number of thioether (sulfide) groups is 1. The van der Waals surface area contributed by atoms with Crippen molar-refractivity contribution in [3.05, 3.63) is 129 Å². The number of hydrogen-bond donors (Lipinski definition) is 3. The molecule has 8 heteroatoms. The maximum absolute atomic E-state index is 13.2. The molecule has 4 rings (SSSR count). The molecule has 0 saturated heterocycles. The van der Waals surface area contributed by atoms with Crippen molar-refractivity contribution >= 4 is 62.9 Å². The van der Waals surface area contributed by atoms with E-state index in [0.29, 0.717) is 11.3 Å². The average Bonchev–Trinajstić information content (AvgIpc) is 2.92. The van der Waals surface area contributed by atoms with E-state index in [1.165, 1.54) is 11.8 Å². The van der Waals surface area contributed by atoms with Crippen LogP contribution >= 0.6 is 27.7 Å². The third-order valence-electron chi connectivity index (χ3n) is 5.68. The molecule has 0 aliphatic heterocycles. The second-order valence-electron chi connectivity index (χ2n) is 9.12. The number of nitrogens with one attached hydrogen (secondary N) is 3. The molecule has 0 saturated carbocycles. The first-order chi connectivity index (χ1) is 19.2. The van der Waals surface area contributed by atoms with E-state index in [1.807, 2.05) is 68.4 Å². The van der Waals surface area contributed by atoms with E-state index in [4.69, 9.17) is 0 Å². The molecule has 0 aliphatic rings. The topological polar surface area (TPSA) is 87.3 Å². The van der Waals surface area contributed by atoms with Crippen LogP contribution in [0.15, 0.2) is 112 Å². The fourth-order valence-corrected chi connectivity index (χ4v) is 5.05. The van der Waals surface area contributed by atoms with Crippen molar-refractivity contribution in [1.82, 2.24) is 5.32 Å². The summed E-state index contributed by atoms with van der Waals surface area (Å²) in [6.07, 6.45) is 1.62. The van der Waals surface area contributed by atoms with Crippen molar-refractivity contribution in [2.75, 3.05) is 16.4 Å². The first-order valence-electron chi connectivity index (χ1n) is 12.5. The summed E-state index contributed by atoms with van der Waals surface area (Å²) in [4.78, 5) is 39.3. The molecule has 0 bridgehead atoms. The summed E-state index contributed by atoms with van der Waals surface area (Å²) in [5.41, 5.74) is 4.82. The van der Waals surface area contributed by atoms with E-state index < -0.39 is 5.91 Å². The maximum atomic E-state index is 13.2. The number of anilines is 2. The van der Waals surface area contributed by atoms with Crippen LogP contribution in [0.2, 0.25) is 0 Å². The van der Waals surface area contributed by atoms with Crippen LogP contribution in [-0.2, 0) is 9.59 Å². The fraction of sp³-hybridized carbons (Fsp3) is 0.0938. The van der Waals surface area contributed by atoms with Crippen molar-refractivity contribution in [2.24, 2.45) is 0 Å². The highest BCUT2D eigenvalue weighted by Gasteiger charge is 2.15. The number of carbonyl (C=O) groups excluding carboxylic acids is 3. The summed E-state index contributed by atoms with van der Waals surface area (Å²) in [6, 6.07) is 29.3. The summed E-state index contributed by atoms with van der Waals surface area (Å²) in [5, 5.41) is 8.52. The quantitative estimate of drug-likeness (QED) is 0.137. The highest BCUT2D eigenvalue weighted by atomic mass is 79.9. The third-order valence-corrected chi connectivity index (χ3v) is 7.18. The van der Waals surface area contributed by atoms with E-state index in [9.17, 15) is 14.4 Å². The van der Waals surface area contributed by atoms with Crippen LogP contribution in [0.25, 0.3) is 6.08 Å². The number of aryl methyl sites for hydroxylation is 2. The van der Waals surface area contributed by atoms with Gasteiger partial charge in [-0.3, -0.25) is 14.4 Å². The van der Waals surface area contributed by atoms with Gasteiger partial charge in [-0.1, -0.05) is 52.3 Å². The molecule has 0 fully saturated rings. The zero-order valence-corrected chi connectivity index (χ0v) is 24.4. The number of amides is 3. The lowest BCUT2D eigenvalue weighted by Gasteiger charge is -2.12. The summed E-state index contributed by atoms with van der Waals surface area (Å²) >= 11 is 4.84. The Hall–Kier alpha value is -4.14. The summed E-state index contributed by atoms with van der Waals surface area (Å²) in [5.74, 6) is -0.687. The summed E-state index contributed by atoms with van der Waals surface area (Å²) < 4.78 is 0.853. The zero-order chi connectivity index (χ0) is 28.5. The van der Waals surface area contributed by atoms with Gasteiger partial charge >= 0.3 is 0 Å². The lowest BCUT2D eigenvalue weighted by Crippen LogP contribution is -2.30. The summed E-state index contributed by atoms with van der Waals surface area (Å²) in [6.45, 7) is 3.99. The predicted octanol–water partition coefficient (Wildman–Crippen LogP) is 7.21. The fourth-order valence-electron chi connectivity index (χ4n) is 3.93. The smallest absolute Gasteiger partial charge is 0.272 e. The third kappa shape index (κ3) is 8.69. The Labute approximate surface area is 246 Å². The second-order valence-corrected chi connectivity index (χ2v) is 11.1. The van der Waals surface area contributed by atoms with Crippen LogP contribution < -0.4 is 16.0 Å². The minimum Gasteiger partial charge on any atom is -0.325 e. The van der Waals surface area contributed by atoms with Crippen molar-refractivity contribution in [2.45, 2.75) is 18.7 Å². The van der Waals surface area contributed by atoms with Gasteiger partial charge in [0.15, 0.2) is 0 Å². The van der Waals surface area contributed by atoms with Gasteiger partial charge in [0.25, 0.3) is 11.8 Å². The SMILES string of the molecule is Cc1cc(C)cc(NC(=O)CSc2ccc(NC(=O)/C(=C/c3cccc(Br)c3)NC(=O)c3ccccc3)cc2)c1. The Morgan fingerprint density at radius 1 is 0.775 bits per heavy atom. The van der Waals surface area contributed by atoms with Gasteiger partial charge in [0, 0.05) is 26.3 Å². The van der Waals surface area contributed by atoms with E-state index in [1.54, 1.807) is 42.5 Å². The molecule has 0 aromatic heterocycles. The number of benzene rings is 4. The molecule has 0 radical (unpaired) electrons. The molecule has 40 heavy (non-hydrogen) atoms. The van der Waals surface area contributed by atoms with Gasteiger partial charge in [0.2, 0.25) is 5.91 Å². The Kier molecular flexibility index (Phi) is 9.94. The number of halogens is 1. The first-order valence-corrected chi connectivity index (χ1v) is 14.3. The van der Waals surface area contributed by atoms with Crippen LogP contribution in [0.1, 0.15) is 27.0 Å². The number of hydrogen-bond acceptors (Lipinski definition) is 4. The summed E-state index contributed by atoms with van der Waals surface area (Å²) in [7, 11) is 0. The molecule has 3 N–H and O–H groups in total. The second kappa shape index (κ2) is 13.8. The van der Waals surface area contributed by atoms with E-state index in [-0.39, 0.29) is 23.3 Å². The lowest BCUT2D eigenvalue weighted by atomic mass is 10.1. The van der Waals surface area contributed by atoms with Crippen LogP contribution in [-0.4, -0.2) is 23.5 Å². The van der Waals surface area contributed by atoms with Gasteiger partial charge in [-0.05, 0) is 97.3 Å². The van der Waals surface area contributed by atoms with E-state index in [0.717, 1.165) is 31.7 Å². The molecule has 4 aromatic rings. The van der Waals surface area contributed by atoms with Gasteiger partial charge in [-0.25, -0.2) is 0 Å². The molecule has 0 spiro atoms. The van der Waals surface area contributed by atoms with Crippen molar-refractivity contribution in [3.8, 4) is 0 Å². The molecule has 3 amide bonds. The van der Waals surface area contributed by atoms with Crippen LogP contribution in [0.3, 0.4) is 0 Å². The van der Waals surface area contributed by atoms with Crippen molar-refractivity contribution < 1.29 is 14.4 Å². The molecule has 0 unspecified atom stereocenters. The molecular weight excluding hydrogens is 586 g/mol. The van der Waals surface area contributed by atoms with Gasteiger partial charge < -0.3 is 16.0 Å². The van der Waals surface area contributed by atoms with Crippen LogP contribution in [0.4, 0.5) is 11.4 Å². The van der Waals surface area contributed by atoms with E-state index >= 15 is 0 Å². The lowest BCUT2D eigenvalue weighted by molar-refractivity contribution is -0.114. The predicted molar refractivity (Wildman–Crippen MR) is 166 cm³/mol. The first kappa shape index (κ1) is 28.9. The minimum atomic E-state index is -0.461. The highest BCUT2D eigenvalue weighted by molar-refractivity contribution is 9.10. The maximum Gasteiger partial charge on any atom is 0.272 e. The molecule has 202 valence electrons. The molecule has 0 aliphatic carbocycles. The average molecular weight is 615 g/mol. The number of carbonyl (C=O) groups is 3. The van der Waals surface area contributed by atoms with Crippen LogP contribution in [0, 0.1) is 13.8 Å². The molecule has 6 nitrogen and oxygen atoms in total. The Morgan fingerprint density at radius 3 is 2.15 bits per heavy atom. The van der Waals surface area contributed by atoms with Gasteiger partial charge in [0.05, 0.1) is 5.75 Å².